The number of primary amides is 2. The van der Waals surface area contributed by atoms with E-state index in [-0.39, 0.29) is 22.9 Å². The topological polar surface area (TPSA) is 99.1 Å². The van der Waals surface area contributed by atoms with E-state index >= 15 is 0 Å². The van der Waals surface area contributed by atoms with Gasteiger partial charge in [-0.05, 0) is 90.2 Å². The highest BCUT2D eigenvalue weighted by Crippen LogP contribution is 2.33. The predicted octanol–water partition coefficient (Wildman–Crippen LogP) is 6.22. The van der Waals surface area contributed by atoms with Crippen molar-refractivity contribution in [3.8, 4) is 0 Å². The summed E-state index contributed by atoms with van der Waals surface area (Å²) in [7, 11) is 8.16. The van der Waals surface area contributed by atoms with Gasteiger partial charge in [0.25, 0.3) is 0 Å². The Morgan fingerprint density at radius 2 is 1.00 bits per heavy atom. The van der Waals surface area contributed by atoms with Crippen LogP contribution in [0.4, 0.5) is 21.0 Å². The zero-order valence-corrected chi connectivity index (χ0v) is 28.6. The standard InChI is InChI=1S/C36H58N6O2/c1-35(2,21-27-12-16-31(17-13-27)39(5)6)25-41(33(37)43)23-29-10-9-11-30(20-29)24-42(34(38)44)26-36(3,4)22-28-14-18-32(19-15-28)40(7)8/h12-19,29-30H,9-11,20-26H2,1-8H3,(H2,37,43)(H2,38,44). The van der Waals surface area contributed by atoms with E-state index in [4.69, 9.17) is 11.5 Å². The second-order valence-electron chi connectivity index (χ2n) is 15.1. The molecule has 4 amide bonds. The molecule has 2 unspecified atom stereocenters. The van der Waals surface area contributed by atoms with Crippen LogP contribution in [0.25, 0.3) is 0 Å². The molecule has 2 aromatic carbocycles. The lowest BCUT2D eigenvalue weighted by atomic mass is 9.79. The van der Waals surface area contributed by atoms with Crippen molar-refractivity contribution in [1.82, 2.24) is 9.80 Å². The lowest BCUT2D eigenvalue weighted by molar-refractivity contribution is 0.122. The maximum absolute atomic E-state index is 12.6. The zero-order valence-electron chi connectivity index (χ0n) is 28.6. The predicted molar refractivity (Wildman–Crippen MR) is 184 cm³/mol. The highest BCUT2D eigenvalue weighted by Gasteiger charge is 2.32. The SMILES string of the molecule is CN(C)c1ccc(CC(C)(C)CN(CC2CCCC(CN(CC(C)(C)Cc3ccc(N(C)C)cc3)C(N)=O)C2)C(N)=O)cc1. The first-order valence-electron chi connectivity index (χ1n) is 16.1. The van der Waals surface area contributed by atoms with Crippen molar-refractivity contribution in [2.24, 2.45) is 34.1 Å². The Bertz CT molecular complexity index is 1110. The third-order valence-corrected chi connectivity index (χ3v) is 8.98. The van der Waals surface area contributed by atoms with Crippen molar-refractivity contribution >= 4 is 23.4 Å². The summed E-state index contributed by atoms with van der Waals surface area (Å²) in [5.41, 5.74) is 16.5. The van der Waals surface area contributed by atoms with Crippen LogP contribution in [-0.4, -0.2) is 76.2 Å². The van der Waals surface area contributed by atoms with Crippen LogP contribution in [0.3, 0.4) is 0 Å². The molecular weight excluding hydrogens is 548 g/mol. The van der Waals surface area contributed by atoms with E-state index in [2.05, 4.69) is 86.0 Å². The van der Waals surface area contributed by atoms with Gasteiger partial charge in [-0.1, -0.05) is 58.4 Å². The smallest absolute Gasteiger partial charge is 0.314 e. The Morgan fingerprint density at radius 3 is 1.30 bits per heavy atom. The highest BCUT2D eigenvalue weighted by atomic mass is 16.2. The molecule has 1 aliphatic carbocycles. The third kappa shape index (κ3) is 10.9. The summed E-state index contributed by atoms with van der Waals surface area (Å²) >= 11 is 0. The summed E-state index contributed by atoms with van der Waals surface area (Å²) in [4.78, 5) is 33.1. The summed E-state index contributed by atoms with van der Waals surface area (Å²) in [5.74, 6) is 0.712. The Morgan fingerprint density at radius 1 is 0.659 bits per heavy atom. The molecule has 1 saturated carbocycles. The fourth-order valence-electron chi connectivity index (χ4n) is 6.90. The monoisotopic (exact) mass is 606 g/mol. The number of nitrogens with two attached hydrogens (primary N) is 2. The number of nitrogens with zero attached hydrogens (tertiary/aromatic N) is 4. The second-order valence-corrected chi connectivity index (χ2v) is 15.1. The molecule has 3 rings (SSSR count). The average Bonchev–Trinajstić information content (AvgIpc) is 2.92. The fraction of sp³-hybridized carbons (Fsp3) is 0.611. The van der Waals surface area contributed by atoms with Crippen LogP contribution in [0.1, 0.15) is 64.5 Å². The van der Waals surface area contributed by atoms with Crippen molar-refractivity contribution in [2.45, 2.75) is 66.2 Å². The summed E-state index contributed by atoms with van der Waals surface area (Å²) in [5, 5.41) is 0. The fourth-order valence-corrected chi connectivity index (χ4v) is 6.90. The number of amides is 4. The van der Waals surface area contributed by atoms with Gasteiger partial charge in [0.2, 0.25) is 0 Å². The minimum absolute atomic E-state index is 0.121. The Kier molecular flexibility index (Phi) is 12.0. The number of carbonyl (C=O) groups excluding carboxylic acids is 2. The van der Waals surface area contributed by atoms with Crippen LogP contribution >= 0.6 is 0 Å². The van der Waals surface area contributed by atoms with Crippen LogP contribution in [0.15, 0.2) is 48.5 Å². The zero-order chi connectivity index (χ0) is 32.7. The Balaban J connectivity index is 1.58. The number of carbonyl (C=O) groups is 2. The molecule has 2 aromatic rings. The number of anilines is 2. The first-order valence-corrected chi connectivity index (χ1v) is 16.1. The molecule has 1 aliphatic rings. The molecule has 4 N–H and O–H groups in total. The van der Waals surface area contributed by atoms with Crippen molar-refractivity contribution < 1.29 is 9.59 Å². The van der Waals surface area contributed by atoms with Crippen molar-refractivity contribution in [3.63, 3.8) is 0 Å². The molecule has 44 heavy (non-hydrogen) atoms. The molecule has 2 atom stereocenters. The molecule has 8 heteroatoms. The first kappa shape index (κ1) is 35.1. The van der Waals surface area contributed by atoms with E-state index in [1.165, 1.54) is 22.5 Å². The molecule has 0 radical (unpaired) electrons. The van der Waals surface area contributed by atoms with Crippen LogP contribution in [0.2, 0.25) is 0 Å². The van der Waals surface area contributed by atoms with Gasteiger partial charge in [-0.2, -0.15) is 0 Å². The summed E-state index contributed by atoms with van der Waals surface area (Å²) < 4.78 is 0. The van der Waals surface area contributed by atoms with Gasteiger partial charge in [0, 0.05) is 65.7 Å². The van der Waals surface area contributed by atoms with Gasteiger partial charge in [0.1, 0.15) is 0 Å². The van der Waals surface area contributed by atoms with Gasteiger partial charge in [-0.25, -0.2) is 9.59 Å². The van der Waals surface area contributed by atoms with Crippen LogP contribution < -0.4 is 21.3 Å². The lowest BCUT2D eigenvalue weighted by Crippen LogP contribution is -2.47. The van der Waals surface area contributed by atoms with E-state index in [0.29, 0.717) is 38.0 Å². The molecule has 0 spiro atoms. The van der Waals surface area contributed by atoms with E-state index < -0.39 is 0 Å². The highest BCUT2D eigenvalue weighted by molar-refractivity contribution is 5.72. The first-order chi connectivity index (χ1) is 20.5. The van der Waals surface area contributed by atoms with Crippen LogP contribution in [0.5, 0.6) is 0 Å². The minimum atomic E-state index is -0.359. The number of urea groups is 2. The molecule has 0 heterocycles. The average molecular weight is 607 g/mol. The molecule has 0 aromatic heterocycles. The normalized spacial score (nSPS) is 17.2. The molecular formula is C36H58N6O2. The van der Waals surface area contributed by atoms with E-state index in [0.717, 1.165) is 38.5 Å². The van der Waals surface area contributed by atoms with Gasteiger partial charge >= 0.3 is 12.1 Å². The third-order valence-electron chi connectivity index (χ3n) is 8.98. The van der Waals surface area contributed by atoms with Gasteiger partial charge in [-0.15, -0.1) is 0 Å². The van der Waals surface area contributed by atoms with Crippen molar-refractivity contribution in [3.05, 3.63) is 59.7 Å². The number of benzene rings is 2. The molecule has 0 bridgehead atoms. The quantitative estimate of drug-likeness (QED) is 0.267. The minimum Gasteiger partial charge on any atom is -0.378 e. The Labute approximate surface area is 266 Å². The molecule has 0 aliphatic heterocycles. The van der Waals surface area contributed by atoms with Gasteiger partial charge in [-0.3, -0.25) is 0 Å². The van der Waals surface area contributed by atoms with Crippen LogP contribution in [-0.2, 0) is 12.8 Å². The number of rotatable bonds is 14. The summed E-state index contributed by atoms with van der Waals surface area (Å²) in [6.45, 7) is 11.3. The number of hydrogen-bond donors (Lipinski definition) is 2. The molecule has 8 nitrogen and oxygen atoms in total. The van der Waals surface area contributed by atoms with Gasteiger partial charge in [0.15, 0.2) is 0 Å². The summed E-state index contributed by atoms with van der Waals surface area (Å²) in [6.07, 6.45) is 5.90. The van der Waals surface area contributed by atoms with E-state index in [9.17, 15) is 9.59 Å². The van der Waals surface area contributed by atoms with Crippen molar-refractivity contribution in [1.29, 1.82) is 0 Å². The largest absolute Gasteiger partial charge is 0.378 e. The van der Waals surface area contributed by atoms with E-state index in [1.54, 1.807) is 0 Å². The van der Waals surface area contributed by atoms with E-state index in [1.807, 2.05) is 38.0 Å². The van der Waals surface area contributed by atoms with Gasteiger partial charge < -0.3 is 31.1 Å². The van der Waals surface area contributed by atoms with Crippen molar-refractivity contribution in [2.75, 3.05) is 64.2 Å². The molecule has 1 fully saturated rings. The number of hydrogen-bond acceptors (Lipinski definition) is 4. The molecule has 0 saturated heterocycles. The van der Waals surface area contributed by atoms with Crippen LogP contribution in [0, 0.1) is 22.7 Å². The maximum atomic E-state index is 12.6. The second kappa shape index (κ2) is 15.0. The maximum Gasteiger partial charge on any atom is 0.314 e. The Hall–Kier alpha value is -3.42. The lowest BCUT2D eigenvalue weighted by Gasteiger charge is -2.39. The summed E-state index contributed by atoms with van der Waals surface area (Å²) in [6, 6.07) is 16.5. The molecule has 244 valence electrons. The van der Waals surface area contributed by atoms with Gasteiger partial charge in [0.05, 0.1) is 0 Å².